The standard InChI is InChI=1S/C10H14F2O/c11-10(12)3-1-8(2-4-10)9(7-13)5-6-9/h7-8H,1-6H2. The van der Waals surface area contributed by atoms with Crippen LogP contribution >= 0.6 is 0 Å². The van der Waals surface area contributed by atoms with E-state index in [1.807, 2.05) is 0 Å². The molecule has 2 rings (SSSR count). The highest BCUT2D eigenvalue weighted by Crippen LogP contribution is 2.56. The van der Waals surface area contributed by atoms with E-state index in [0.29, 0.717) is 12.8 Å². The van der Waals surface area contributed by atoms with Crippen molar-refractivity contribution in [3.63, 3.8) is 0 Å². The molecule has 0 unspecified atom stereocenters. The summed E-state index contributed by atoms with van der Waals surface area (Å²) in [5.41, 5.74) is -0.184. The van der Waals surface area contributed by atoms with Gasteiger partial charge < -0.3 is 4.79 Å². The van der Waals surface area contributed by atoms with Crippen LogP contribution in [0.1, 0.15) is 38.5 Å². The van der Waals surface area contributed by atoms with Crippen LogP contribution in [0.5, 0.6) is 0 Å². The van der Waals surface area contributed by atoms with Crippen LogP contribution in [0, 0.1) is 11.3 Å². The molecule has 0 heterocycles. The highest BCUT2D eigenvalue weighted by molar-refractivity contribution is 5.64. The van der Waals surface area contributed by atoms with Gasteiger partial charge in [-0.2, -0.15) is 0 Å². The molecule has 0 N–H and O–H groups in total. The number of carbonyl (C=O) groups is 1. The molecule has 2 fully saturated rings. The van der Waals surface area contributed by atoms with E-state index in [9.17, 15) is 13.6 Å². The molecule has 3 heteroatoms. The van der Waals surface area contributed by atoms with Gasteiger partial charge in [0.05, 0.1) is 0 Å². The van der Waals surface area contributed by atoms with Gasteiger partial charge in [0, 0.05) is 18.3 Å². The maximum atomic E-state index is 12.8. The molecular weight excluding hydrogens is 174 g/mol. The molecule has 0 aromatic carbocycles. The van der Waals surface area contributed by atoms with Crippen LogP contribution in [0.25, 0.3) is 0 Å². The fourth-order valence-corrected chi connectivity index (χ4v) is 2.38. The predicted octanol–water partition coefficient (Wildman–Crippen LogP) is 2.79. The Morgan fingerprint density at radius 1 is 1.08 bits per heavy atom. The monoisotopic (exact) mass is 188 g/mol. The molecule has 0 radical (unpaired) electrons. The normalized spacial score (nSPS) is 31.2. The molecule has 0 amide bonds. The Kier molecular flexibility index (Phi) is 1.93. The van der Waals surface area contributed by atoms with Gasteiger partial charge in [0.1, 0.15) is 6.29 Å². The lowest BCUT2D eigenvalue weighted by atomic mass is 9.77. The SMILES string of the molecule is O=CC1(C2CCC(F)(F)CC2)CC1. The summed E-state index contributed by atoms with van der Waals surface area (Å²) in [6, 6.07) is 0. The van der Waals surface area contributed by atoms with Crippen molar-refractivity contribution >= 4 is 6.29 Å². The smallest absolute Gasteiger partial charge is 0.248 e. The van der Waals surface area contributed by atoms with Crippen molar-refractivity contribution in [2.75, 3.05) is 0 Å². The molecule has 2 aliphatic carbocycles. The third kappa shape index (κ3) is 1.61. The Morgan fingerprint density at radius 2 is 1.62 bits per heavy atom. The highest BCUT2D eigenvalue weighted by Gasteiger charge is 2.51. The van der Waals surface area contributed by atoms with E-state index >= 15 is 0 Å². The summed E-state index contributed by atoms with van der Waals surface area (Å²) >= 11 is 0. The van der Waals surface area contributed by atoms with Crippen LogP contribution in [0.3, 0.4) is 0 Å². The van der Waals surface area contributed by atoms with Crippen LogP contribution in [-0.2, 0) is 4.79 Å². The summed E-state index contributed by atoms with van der Waals surface area (Å²) < 4.78 is 25.6. The van der Waals surface area contributed by atoms with Crippen LogP contribution in [0.4, 0.5) is 8.78 Å². The summed E-state index contributed by atoms with van der Waals surface area (Å²) in [6.07, 6.45) is 3.87. The summed E-state index contributed by atoms with van der Waals surface area (Å²) in [6.45, 7) is 0. The van der Waals surface area contributed by atoms with Gasteiger partial charge in [-0.15, -0.1) is 0 Å². The van der Waals surface area contributed by atoms with Crippen LogP contribution < -0.4 is 0 Å². The molecule has 0 bridgehead atoms. The molecule has 2 aliphatic rings. The predicted molar refractivity (Wildman–Crippen MR) is 44.6 cm³/mol. The molecule has 0 spiro atoms. The molecule has 0 saturated heterocycles. The lowest BCUT2D eigenvalue weighted by Gasteiger charge is -2.31. The topological polar surface area (TPSA) is 17.1 Å². The molecule has 0 aliphatic heterocycles. The molecule has 0 aromatic rings. The molecule has 74 valence electrons. The first-order valence-corrected chi connectivity index (χ1v) is 4.92. The van der Waals surface area contributed by atoms with E-state index < -0.39 is 5.92 Å². The maximum Gasteiger partial charge on any atom is 0.248 e. The van der Waals surface area contributed by atoms with Crippen LogP contribution in [-0.4, -0.2) is 12.2 Å². The number of rotatable bonds is 2. The summed E-state index contributed by atoms with van der Waals surface area (Å²) in [4.78, 5) is 10.8. The average Bonchev–Trinajstić information content (AvgIpc) is 2.85. The fourth-order valence-electron chi connectivity index (χ4n) is 2.38. The quantitative estimate of drug-likeness (QED) is 0.609. The van der Waals surface area contributed by atoms with Crippen molar-refractivity contribution in [2.24, 2.45) is 11.3 Å². The van der Waals surface area contributed by atoms with Crippen molar-refractivity contribution in [3.8, 4) is 0 Å². The largest absolute Gasteiger partial charge is 0.303 e. The zero-order valence-electron chi connectivity index (χ0n) is 7.56. The number of carbonyl (C=O) groups excluding carboxylic acids is 1. The zero-order chi connectivity index (χ0) is 9.53. The molecule has 1 nitrogen and oxygen atoms in total. The zero-order valence-corrected chi connectivity index (χ0v) is 7.56. The van der Waals surface area contributed by atoms with Gasteiger partial charge >= 0.3 is 0 Å². The van der Waals surface area contributed by atoms with Crippen molar-refractivity contribution in [1.82, 2.24) is 0 Å². The first-order valence-electron chi connectivity index (χ1n) is 4.92. The van der Waals surface area contributed by atoms with Crippen molar-refractivity contribution in [1.29, 1.82) is 0 Å². The third-order valence-corrected chi connectivity index (χ3v) is 3.59. The van der Waals surface area contributed by atoms with Gasteiger partial charge in [-0.25, -0.2) is 8.78 Å². The average molecular weight is 188 g/mol. The molecule has 0 atom stereocenters. The van der Waals surface area contributed by atoms with Gasteiger partial charge in [0.15, 0.2) is 0 Å². The van der Waals surface area contributed by atoms with Crippen molar-refractivity contribution in [3.05, 3.63) is 0 Å². The number of hydrogen-bond donors (Lipinski definition) is 0. The number of halogens is 2. The Bertz CT molecular complexity index is 211. The number of aldehydes is 1. The van der Waals surface area contributed by atoms with Gasteiger partial charge in [-0.05, 0) is 31.6 Å². The highest BCUT2D eigenvalue weighted by atomic mass is 19.3. The van der Waals surface area contributed by atoms with Gasteiger partial charge in [0.2, 0.25) is 5.92 Å². The lowest BCUT2D eigenvalue weighted by molar-refractivity contribution is -0.116. The van der Waals surface area contributed by atoms with E-state index in [1.54, 1.807) is 0 Å². The van der Waals surface area contributed by atoms with E-state index in [-0.39, 0.29) is 24.2 Å². The van der Waals surface area contributed by atoms with Gasteiger partial charge in [-0.1, -0.05) is 0 Å². The van der Waals surface area contributed by atoms with E-state index in [4.69, 9.17) is 0 Å². The van der Waals surface area contributed by atoms with Gasteiger partial charge in [-0.3, -0.25) is 0 Å². The summed E-state index contributed by atoms with van der Waals surface area (Å²) in [7, 11) is 0. The van der Waals surface area contributed by atoms with Crippen molar-refractivity contribution < 1.29 is 13.6 Å². The second-order valence-corrected chi connectivity index (χ2v) is 4.48. The second kappa shape index (κ2) is 2.76. The minimum Gasteiger partial charge on any atom is -0.303 e. The fraction of sp³-hybridized carbons (Fsp3) is 0.900. The molecule has 13 heavy (non-hydrogen) atoms. The van der Waals surface area contributed by atoms with E-state index in [1.165, 1.54) is 0 Å². The van der Waals surface area contributed by atoms with E-state index in [2.05, 4.69) is 0 Å². The Morgan fingerprint density at radius 3 is 2.00 bits per heavy atom. The lowest BCUT2D eigenvalue weighted by Crippen LogP contribution is -2.29. The van der Waals surface area contributed by atoms with E-state index in [0.717, 1.165) is 19.1 Å². The molecule has 2 saturated carbocycles. The number of hydrogen-bond acceptors (Lipinski definition) is 1. The van der Waals surface area contributed by atoms with Gasteiger partial charge in [0.25, 0.3) is 0 Å². The third-order valence-electron chi connectivity index (χ3n) is 3.59. The maximum absolute atomic E-state index is 12.8. The molecule has 0 aromatic heterocycles. The second-order valence-electron chi connectivity index (χ2n) is 4.48. The summed E-state index contributed by atoms with van der Waals surface area (Å²) in [5.74, 6) is -2.22. The minimum absolute atomic E-state index is 0.0206. The Labute approximate surface area is 76.5 Å². The number of alkyl halides is 2. The van der Waals surface area contributed by atoms with Crippen LogP contribution in [0.2, 0.25) is 0 Å². The van der Waals surface area contributed by atoms with Crippen molar-refractivity contribution in [2.45, 2.75) is 44.4 Å². The minimum atomic E-state index is -2.46. The first-order chi connectivity index (χ1) is 6.08. The summed E-state index contributed by atoms with van der Waals surface area (Å²) in [5, 5.41) is 0. The Hall–Kier alpha value is -0.470. The Balaban J connectivity index is 1.95. The van der Waals surface area contributed by atoms with Crippen LogP contribution in [0.15, 0.2) is 0 Å². The first kappa shape index (κ1) is 9.10. The molecular formula is C10H14F2O.